The van der Waals surface area contributed by atoms with E-state index >= 15 is 0 Å². The standard InChI is InChI=1S/C29H26N8O4S/c1-19-10-22(3-5-25(19)41-28-13-27-35-33-18-37(27)17-32-28)34-29-23-12-21(2-4-24(23)30-16-31-29)26-11-20(15-40-26)14-36-6-8-42(38,39)9-7-36/h2-5,10-13,15-18H,6-9,14H2,1H3,(H,30,31,34). The molecule has 4 aromatic heterocycles. The summed E-state index contributed by atoms with van der Waals surface area (Å²) >= 11 is 0. The summed E-state index contributed by atoms with van der Waals surface area (Å²) in [4.78, 5) is 15.4. The zero-order valence-electron chi connectivity index (χ0n) is 22.6. The highest BCUT2D eigenvalue weighted by Crippen LogP contribution is 2.32. The first kappa shape index (κ1) is 26.0. The number of nitrogens with zero attached hydrogens (tertiary/aromatic N) is 7. The molecule has 0 bridgehead atoms. The normalized spacial score (nSPS) is 15.3. The Morgan fingerprint density at radius 3 is 2.74 bits per heavy atom. The molecule has 0 saturated carbocycles. The first-order valence-corrected chi connectivity index (χ1v) is 15.2. The summed E-state index contributed by atoms with van der Waals surface area (Å²) in [6, 6.07) is 15.4. The number of aromatic nitrogens is 6. The number of hydrogen-bond donors (Lipinski definition) is 1. The Balaban J connectivity index is 1.09. The van der Waals surface area contributed by atoms with Gasteiger partial charge in [-0.1, -0.05) is 0 Å². The number of aryl methyl sites for hydroxylation is 1. The van der Waals surface area contributed by atoms with Crippen LogP contribution in [0.5, 0.6) is 11.6 Å². The van der Waals surface area contributed by atoms with Gasteiger partial charge in [0, 0.05) is 47.9 Å². The van der Waals surface area contributed by atoms with Crippen molar-refractivity contribution >= 4 is 37.9 Å². The molecular formula is C29H26N8O4S. The van der Waals surface area contributed by atoms with Crippen LogP contribution < -0.4 is 10.1 Å². The van der Waals surface area contributed by atoms with Gasteiger partial charge < -0.3 is 14.5 Å². The molecule has 1 fully saturated rings. The van der Waals surface area contributed by atoms with Crippen LogP contribution in [0.1, 0.15) is 11.1 Å². The summed E-state index contributed by atoms with van der Waals surface area (Å²) in [6.45, 7) is 3.68. The number of furan rings is 1. The Morgan fingerprint density at radius 1 is 1.00 bits per heavy atom. The van der Waals surface area contributed by atoms with Crippen molar-refractivity contribution in [2.75, 3.05) is 29.9 Å². The molecule has 0 unspecified atom stereocenters. The quantitative estimate of drug-likeness (QED) is 0.286. The van der Waals surface area contributed by atoms with Crippen molar-refractivity contribution < 1.29 is 17.6 Å². The predicted octanol–water partition coefficient (Wildman–Crippen LogP) is 4.40. The van der Waals surface area contributed by atoms with Gasteiger partial charge in [-0.25, -0.2) is 23.4 Å². The smallest absolute Gasteiger partial charge is 0.224 e. The number of hydrogen-bond acceptors (Lipinski definition) is 11. The number of anilines is 2. The monoisotopic (exact) mass is 582 g/mol. The van der Waals surface area contributed by atoms with Gasteiger partial charge in [-0.2, -0.15) is 0 Å². The largest absolute Gasteiger partial charge is 0.464 e. The van der Waals surface area contributed by atoms with Crippen molar-refractivity contribution in [2.24, 2.45) is 0 Å². The van der Waals surface area contributed by atoms with Crippen molar-refractivity contribution in [1.82, 2.24) is 34.4 Å². The van der Waals surface area contributed by atoms with E-state index in [9.17, 15) is 8.42 Å². The van der Waals surface area contributed by atoms with Crippen molar-refractivity contribution in [3.63, 3.8) is 0 Å². The van der Waals surface area contributed by atoms with Crippen molar-refractivity contribution in [3.05, 3.63) is 84.9 Å². The third-order valence-corrected chi connectivity index (χ3v) is 8.84. The third kappa shape index (κ3) is 5.39. The summed E-state index contributed by atoms with van der Waals surface area (Å²) in [5.74, 6) is 2.89. The number of ether oxygens (including phenoxy) is 1. The highest BCUT2D eigenvalue weighted by molar-refractivity contribution is 7.91. The molecule has 1 aliphatic heterocycles. The van der Waals surface area contributed by atoms with Crippen LogP contribution >= 0.6 is 0 Å². The van der Waals surface area contributed by atoms with Gasteiger partial charge in [-0.15, -0.1) is 10.2 Å². The maximum absolute atomic E-state index is 11.7. The van der Waals surface area contributed by atoms with Gasteiger partial charge in [-0.3, -0.25) is 9.30 Å². The minimum Gasteiger partial charge on any atom is -0.464 e. The summed E-state index contributed by atoms with van der Waals surface area (Å²) in [6.07, 6.45) is 6.45. The SMILES string of the molecule is Cc1cc(Nc2ncnc3ccc(-c4cc(CN5CCS(=O)(=O)CC5)co4)cc23)ccc1Oc1cc2nncn2cn1. The van der Waals surface area contributed by atoms with Crippen LogP contribution in [-0.2, 0) is 16.4 Å². The molecule has 12 nitrogen and oxygen atoms in total. The van der Waals surface area contributed by atoms with Crippen molar-refractivity contribution in [2.45, 2.75) is 13.5 Å². The second kappa shape index (κ2) is 10.5. The number of fused-ring (bicyclic) bond motifs is 2. The molecule has 0 radical (unpaired) electrons. The van der Waals surface area contributed by atoms with E-state index in [2.05, 4.69) is 35.4 Å². The molecule has 7 rings (SSSR count). The molecule has 212 valence electrons. The van der Waals surface area contributed by atoms with E-state index in [0.717, 1.165) is 39.0 Å². The lowest BCUT2D eigenvalue weighted by molar-refractivity contribution is 0.287. The highest BCUT2D eigenvalue weighted by Gasteiger charge is 2.22. The maximum atomic E-state index is 11.7. The van der Waals surface area contributed by atoms with Crippen LogP contribution in [0.4, 0.5) is 11.5 Å². The van der Waals surface area contributed by atoms with Crippen LogP contribution in [0, 0.1) is 6.92 Å². The van der Waals surface area contributed by atoms with E-state index in [0.29, 0.717) is 42.7 Å². The second-order valence-electron chi connectivity index (χ2n) is 10.2. The molecule has 5 heterocycles. The fourth-order valence-electron chi connectivity index (χ4n) is 4.94. The van der Waals surface area contributed by atoms with E-state index in [1.807, 2.05) is 49.4 Å². The average Bonchev–Trinajstić information content (AvgIpc) is 3.65. The summed E-state index contributed by atoms with van der Waals surface area (Å²) in [7, 11) is -2.91. The summed E-state index contributed by atoms with van der Waals surface area (Å²) in [5.41, 5.74) is 5.10. The minimum atomic E-state index is -2.91. The van der Waals surface area contributed by atoms with Gasteiger partial charge in [0.2, 0.25) is 5.88 Å². The van der Waals surface area contributed by atoms with Gasteiger partial charge in [-0.05, 0) is 55.0 Å². The van der Waals surface area contributed by atoms with Crippen LogP contribution in [0.2, 0.25) is 0 Å². The third-order valence-electron chi connectivity index (χ3n) is 7.23. The van der Waals surface area contributed by atoms with Gasteiger partial charge in [0.1, 0.15) is 36.3 Å². The lowest BCUT2D eigenvalue weighted by Crippen LogP contribution is -2.39. The molecule has 0 spiro atoms. The van der Waals surface area contributed by atoms with Gasteiger partial charge >= 0.3 is 0 Å². The second-order valence-corrected chi connectivity index (χ2v) is 12.5. The first-order chi connectivity index (χ1) is 20.4. The van der Waals surface area contributed by atoms with Crippen LogP contribution in [-0.4, -0.2) is 67.5 Å². The lowest BCUT2D eigenvalue weighted by Gasteiger charge is -2.25. The Kier molecular flexibility index (Phi) is 6.52. The molecule has 0 amide bonds. The molecule has 0 aliphatic carbocycles. The number of benzene rings is 2. The topological polar surface area (TPSA) is 141 Å². The molecule has 6 aromatic rings. The molecule has 13 heteroatoms. The molecule has 1 N–H and O–H groups in total. The van der Waals surface area contributed by atoms with E-state index in [-0.39, 0.29) is 11.5 Å². The van der Waals surface area contributed by atoms with E-state index in [1.54, 1.807) is 29.4 Å². The predicted molar refractivity (Wildman–Crippen MR) is 156 cm³/mol. The van der Waals surface area contributed by atoms with E-state index in [1.165, 1.54) is 6.33 Å². The lowest BCUT2D eigenvalue weighted by atomic mass is 10.1. The van der Waals surface area contributed by atoms with Gasteiger partial charge in [0.15, 0.2) is 15.5 Å². The van der Waals surface area contributed by atoms with Crippen molar-refractivity contribution in [3.8, 4) is 23.0 Å². The highest BCUT2D eigenvalue weighted by atomic mass is 32.2. The Hall–Kier alpha value is -4.88. The Morgan fingerprint density at radius 2 is 1.88 bits per heavy atom. The van der Waals surface area contributed by atoms with Gasteiger partial charge in [0.05, 0.1) is 23.3 Å². The minimum absolute atomic E-state index is 0.199. The van der Waals surface area contributed by atoms with Crippen molar-refractivity contribution in [1.29, 1.82) is 0 Å². The molecule has 42 heavy (non-hydrogen) atoms. The number of sulfone groups is 1. The number of rotatable bonds is 7. The molecule has 1 saturated heterocycles. The van der Waals surface area contributed by atoms with E-state index in [4.69, 9.17) is 9.15 Å². The van der Waals surface area contributed by atoms with E-state index < -0.39 is 9.84 Å². The molecule has 0 atom stereocenters. The van der Waals surface area contributed by atoms with Crippen LogP contribution in [0.3, 0.4) is 0 Å². The first-order valence-electron chi connectivity index (χ1n) is 13.3. The zero-order chi connectivity index (χ0) is 28.7. The Bertz CT molecular complexity index is 2020. The fourth-order valence-corrected chi connectivity index (χ4v) is 6.22. The molecular weight excluding hydrogens is 556 g/mol. The fraction of sp³-hybridized carbons (Fsp3) is 0.207. The molecule has 1 aliphatic rings. The number of nitrogens with one attached hydrogen (secondary N) is 1. The summed E-state index contributed by atoms with van der Waals surface area (Å²) in [5, 5.41) is 12.2. The summed E-state index contributed by atoms with van der Waals surface area (Å²) < 4.78 is 37.1. The maximum Gasteiger partial charge on any atom is 0.224 e. The van der Waals surface area contributed by atoms with Crippen LogP contribution in [0.25, 0.3) is 27.9 Å². The Labute approximate surface area is 240 Å². The zero-order valence-corrected chi connectivity index (χ0v) is 23.5. The van der Waals surface area contributed by atoms with Gasteiger partial charge in [0.25, 0.3) is 0 Å². The van der Waals surface area contributed by atoms with Crippen LogP contribution in [0.15, 0.2) is 78.2 Å². The average molecular weight is 583 g/mol. The molecule has 2 aromatic carbocycles.